The number of hydrogen-bond donors (Lipinski definition) is 3. The summed E-state index contributed by atoms with van der Waals surface area (Å²) < 4.78 is 26.1. The molecule has 1 aliphatic heterocycles. The Morgan fingerprint density at radius 3 is 2.45 bits per heavy atom. The first kappa shape index (κ1) is 16.9. The summed E-state index contributed by atoms with van der Waals surface area (Å²) in [5, 5.41) is 6.15. The molecule has 6 nitrogen and oxygen atoms in total. The van der Waals surface area contributed by atoms with Crippen molar-refractivity contribution in [2.45, 2.75) is 31.2 Å². The molecular weight excluding hydrogens is 302 g/mol. The zero-order valence-electron chi connectivity index (χ0n) is 12.8. The zero-order chi connectivity index (χ0) is 16.0. The number of carbonyl (C=O) groups is 1. The van der Waals surface area contributed by atoms with Gasteiger partial charge in [-0.1, -0.05) is 19.1 Å². The molecule has 0 aromatic heterocycles. The molecule has 1 amide bonds. The minimum atomic E-state index is -3.42. The molecule has 0 unspecified atom stereocenters. The molecule has 3 N–H and O–H groups in total. The van der Waals surface area contributed by atoms with Gasteiger partial charge >= 0.3 is 0 Å². The van der Waals surface area contributed by atoms with Crippen LogP contribution in [0.1, 0.15) is 25.3 Å². The van der Waals surface area contributed by atoms with Gasteiger partial charge in [0, 0.05) is 19.0 Å². The van der Waals surface area contributed by atoms with Crippen molar-refractivity contribution in [2.24, 2.45) is 5.92 Å². The van der Waals surface area contributed by atoms with Gasteiger partial charge in [0.1, 0.15) is 0 Å². The van der Waals surface area contributed by atoms with E-state index in [2.05, 4.69) is 15.4 Å². The van der Waals surface area contributed by atoms with Gasteiger partial charge in [0.05, 0.1) is 4.90 Å². The van der Waals surface area contributed by atoms with Crippen molar-refractivity contribution in [3.05, 3.63) is 29.8 Å². The average Bonchev–Trinajstić information content (AvgIpc) is 2.54. The van der Waals surface area contributed by atoms with Gasteiger partial charge in [-0.15, -0.1) is 0 Å². The maximum atomic E-state index is 12.0. The van der Waals surface area contributed by atoms with Crippen LogP contribution < -0.4 is 15.4 Å². The van der Waals surface area contributed by atoms with Crippen LogP contribution in [0.4, 0.5) is 0 Å². The molecule has 0 bridgehead atoms. The van der Waals surface area contributed by atoms with E-state index in [4.69, 9.17) is 0 Å². The lowest BCUT2D eigenvalue weighted by atomic mass is 9.97. The quantitative estimate of drug-likeness (QED) is 0.715. The molecule has 1 aliphatic rings. The summed E-state index contributed by atoms with van der Waals surface area (Å²) in [4.78, 5) is 12.3. The summed E-state index contributed by atoms with van der Waals surface area (Å²) >= 11 is 0. The second kappa shape index (κ2) is 7.71. The molecule has 1 aromatic rings. The fourth-order valence-electron chi connectivity index (χ4n) is 2.48. The number of hydrogen-bond acceptors (Lipinski definition) is 4. The van der Waals surface area contributed by atoms with Crippen molar-refractivity contribution in [1.82, 2.24) is 15.4 Å². The fourth-order valence-corrected chi connectivity index (χ4v) is 3.52. The highest BCUT2D eigenvalue weighted by Crippen LogP contribution is 2.13. The molecule has 122 valence electrons. The summed E-state index contributed by atoms with van der Waals surface area (Å²) in [5.41, 5.74) is 0.887. The van der Waals surface area contributed by atoms with E-state index in [-0.39, 0.29) is 16.7 Å². The van der Waals surface area contributed by atoms with Crippen LogP contribution in [0.5, 0.6) is 0 Å². The van der Waals surface area contributed by atoms with E-state index < -0.39 is 10.0 Å². The molecule has 2 rings (SSSR count). The summed E-state index contributed by atoms with van der Waals surface area (Å²) in [7, 11) is -3.42. The van der Waals surface area contributed by atoms with Crippen LogP contribution in [0.3, 0.4) is 0 Å². The largest absolute Gasteiger partial charge is 0.352 e. The Balaban J connectivity index is 1.90. The predicted molar refractivity (Wildman–Crippen MR) is 84.7 cm³/mol. The average molecular weight is 325 g/mol. The van der Waals surface area contributed by atoms with Crippen LogP contribution in [0.2, 0.25) is 0 Å². The van der Waals surface area contributed by atoms with Gasteiger partial charge in [-0.25, -0.2) is 13.1 Å². The third-order valence-corrected chi connectivity index (χ3v) is 5.31. The second-order valence-electron chi connectivity index (χ2n) is 5.39. The van der Waals surface area contributed by atoms with E-state index in [0.29, 0.717) is 13.1 Å². The molecule has 1 heterocycles. The summed E-state index contributed by atoms with van der Waals surface area (Å²) in [6, 6.07) is 6.58. The van der Waals surface area contributed by atoms with Gasteiger partial charge in [0.25, 0.3) is 0 Å². The van der Waals surface area contributed by atoms with Crippen LogP contribution in [0, 0.1) is 5.92 Å². The third kappa shape index (κ3) is 4.53. The molecule has 1 saturated heterocycles. The van der Waals surface area contributed by atoms with Crippen LogP contribution in [0.15, 0.2) is 29.2 Å². The first-order valence-corrected chi connectivity index (χ1v) is 9.08. The van der Waals surface area contributed by atoms with E-state index >= 15 is 0 Å². The zero-order valence-corrected chi connectivity index (χ0v) is 13.6. The van der Waals surface area contributed by atoms with E-state index in [9.17, 15) is 13.2 Å². The van der Waals surface area contributed by atoms with Gasteiger partial charge in [-0.3, -0.25) is 4.79 Å². The van der Waals surface area contributed by atoms with Crippen molar-refractivity contribution in [2.75, 3.05) is 19.6 Å². The lowest BCUT2D eigenvalue weighted by molar-refractivity contribution is -0.125. The molecule has 0 atom stereocenters. The molecule has 1 aromatic carbocycles. The Kier molecular flexibility index (Phi) is 5.93. The highest BCUT2D eigenvalue weighted by Gasteiger charge is 2.20. The van der Waals surface area contributed by atoms with Crippen molar-refractivity contribution in [3.8, 4) is 0 Å². The van der Waals surface area contributed by atoms with Gasteiger partial charge in [-0.2, -0.15) is 0 Å². The molecule has 0 radical (unpaired) electrons. The van der Waals surface area contributed by atoms with Crippen molar-refractivity contribution >= 4 is 15.9 Å². The van der Waals surface area contributed by atoms with Gasteiger partial charge in [0.2, 0.25) is 15.9 Å². The van der Waals surface area contributed by atoms with Gasteiger partial charge in [-0.05, 0) is 43.6 Å². The Morgan fingerprint density at radius 1 is 1.23 bits per heavy atom. The smallest absolute Gasteiger partial charge is 0.240 e. The topological polar surface area (TPSA) is 87.3 Å². The number of sulfonamides is 1. The molecule has 0 spiro atoms. The number of carbonyl (C=O) groups excluding carboxylic acids is 1. The van der Waals surface area contributed by atoms with Crippen molar-refractivity contribution < 1.29 is 13.2 Å². The minimum absolute atomic E-state index is 0.0749. The number of nitrogens with one attached hydrogen (secondary N) is 3. The van der Waals surface area contributed by atoms with Crippen molar-refractivity contribution in [3.63, 3.8) is 0 Å². The van der Waals surface area contributed by atoms with Crippen molar-refractivity contribution in [1.29, 1.82) is 0 Å². The molecule has 1 fully saturated rings. The first-order valence-electron chi connectivity index (χ1n) is 7.60. The maximum Gasteiger partial charge on any atom is 0.240 e. The first-order chi connectivity index (χ1) is 10.5. The summed E-state index contributed by atoms with van der Waals surface area (Å²) in [5.74, 6) is 0.153. The Morgan fingerprint density at radius 2 is 1.86 bits per heavy atom. The second-order valence-corrected chi connectivity index (χ2v) is 7.15. The highest BCUT2D eigenvalue weighted by molar-refractivity contribution is 7.89. The Bertz CT molecular complexity index is 593. The maximum absolute atomic E-state index is 12.0. The molecule has 7 heteroatoms. The molecule has 0 aliphatic carbocycles. The fraction of sp³-hybridized carbons (Fsp3) is 0.533. The molecule has 0 saturated carbocycles. The van der Waals surface area contributed by atoms with Crippen LogP contribution in [-0.2, 0) is 21.4 Å². The van der Waals surface area contributed by atoms with Crippen LogP contribution in [0.25, 0.3) is 0 Å². The highest BCUT2D eigenvalue weighted by atomic mass is 32.2. The van der Waals surface area contributed by atoms with E-state index in [0.717, 1.165) is 31.5 Å². The normalized spacial score (nSPS) is 16.4. The number of piperidine rings is 1. The summed E-state index contributed by atoms with van der Waals surface area (Å²) in [6.45, 7) is 4.28. The molecular formula is C15H23N3O3S. The van der Waals surface area contributed by atoms with Crippen LogP contribution >= 0.6 is 0 Å². The van der Waals surface area contributed by atoms with E-state index in [1.165, 1.54) is 0 Å². The third-order valence-electron chi connectivity index (χ3n) is 3.74. The Labute approximate surface area is 131 Å². The lowest BCUT2D eigenvalue weighted by Crippen LogP contribution is -2.37. The Hall–Kier alpha value is -1.44. The standard InChI is InChI=1S/C15H23N3O3S/c1-2-18-22(20,21)14-5-3-12(4-6-14)11-17-15(19)13-7-9-16-10-8-13/h3-6,13,16,18H,2,7-11H2,1H3,(H,17,19). The number of amides is 1. The SMILES string of the molecule is CCNS(=O)(=O)c1ccc(CNC(=O)C2CCNCC2)cc1. The molecule has 22 heavy (non-hydrogen) atoms. The monoisotopic (exact) mass is 325 g/mol. The predicted octanol–water partition coefficient (Wildman–Crippen LogP) is 0.601. The van der Waals surface area contributed by atoms with E-state index in [1.54, 1.807) is 31.2 Å². The summed E-state index contributed by atoms with van der Waals surface area (Å²) in [6.07, 6.45) is 1.73. The van der Waals surface area contributed by atoms with Crippen LogP contribution in [-0.4, -0.2) is 34.0 Å². The van der Waals surface area contributed by atoms with Gasteiger partial charge in [0.15, 0.2) is 0 Å². The lowest BCUT2D eigenvalue weighted by Gasteiger charge is -2.21. The minimum Gasteiger partial charge on any atom is -0.352 e. The number of rotatable bonds is 6. The van der Waals surface area contributed by atoms with Gasteiger partial charge < -0.3 is 10.6 Å². The number of benzene rings is 1. The van der Waals surface area contributed by atoms with E-state index in [1.807, 2.05) is 0 Å².